The van der Waals surface area contributed by atoms with Crippen LogP contribution in [0.25, 0.3) is 0 Å². The van der Waals surface area contributed by atoms with Gasteiger partial charge in [-0.15, -0.1) is 0 Å². The molecule has 1 aromatic carbocycles. The van der Waals surface area contributed by atoms with Crippen LogP contribution in [0.1, 0.15) is 13.3 Å². The molecular formula is C14H20F3N3O. The molecule has 0 aliphatic rings. The van der Waals surface area contributed by atoms with E-state index in [0.717, 1.165) is 5.69 Å². The predicted molar refractivity (Wildman–Crippen MR) is 76.0 cm³/mol. The minimum absolute atomic E-state index is 0.138. The maximum atomic E-state index is 12.5. The van der Waals surface area contributed by atoms with Crippen molar-refractivity contribution in [1.82, 2.24) is 5.32 Å². The molecule has 21 heavy (non-hydrogen) atoms. The van der Waals surface area contributed by atoms with E-state index in [1.807, 2.05) is 42.3 Å². The van der Waals surface area contributed by atoms with Gasteiger partial charge in [-0.25, -0.2) is 0 Å². The van der Waals surface area contributed by atoms with Crippen LogP contribution in [0.5, 0.6) is 0 Å². The van der Waals surface area contributed by atoms with Crippen LogP contribution in [0.15, 0.2) is 30.3 Å². The molecule has 7 heteroatoms. The van der Waals surface area contributed by atoms with E-state index in [0.29, 0.717) is 19.9 Å². The average Bonchev–Trinajstić information content (AvgIpc) is 2.42. The summed E-state index contributed by atoms with van der Waals surface area (Å²) in [6, 6.07) is 9.56. The number of amides is 1. The molecule has 1 unspecified atom stereocenters. The molecule has 0 aliphatic carbocycles. The summed E-state index contributed by atoms with van der Waals surface area (Å²) in [6.07, 6.45) is -4.25. The highest BCUT2D eigenvalue weighted by atomic mass is 19.4. The Kier molecular flexibility index (Phi) is 5.60. The molecule has 1 amide bonds. The van der Waals surface area contributed by atoms with Crippen molar-refractivity contribution in [3.05, 3.63) is 30.3 Å². The van der Waals surface area contributed by atoms with E-state index < -0.39 is 17.6 Å². The number of nitrogens with zero attached hydrogens (tertiary/aromatic N) is 1. The van der Waals surface area contributed by atoms with Gasteiger partial charge in [-0.3, -0.25) is 4.79 Å². The fraction of sp³-hybridized carbons (Fsp3) is 0.500. The second-order valence-electron chi connectivity index (χ2n) is 5.07. The van der Waals surface area contributed by atoms with Gasteiger partial charge in [0, 0.05) is 25.8 Å². The lowest BCUT2D eigenvalue weighted by Crippen LogP contribution is -2.61. The lowest BCUT2D eigenvalue weighted by molar-refractivity contribution is -0.187. The molecule has 4 nitrogen and oxygen atoms in total. The zero-order chi connectivity index (χ0) is 16.1. The molecule has 0 spiro atoms. The van der Waals surface area contributed by atoms with Crippen LogP contribution in [0.2, 0.25) is 0 Å². The zero-order valence-electron chi connectivity index (χ0n) is 12.1. The first-order valence-corrected chi connectivity index (χ1v) is 6.56. The highest BCUT2D eigenvalue weighted by molar-refractivity contribution is 5.86. The first-order valence-electron chi connectivity index (χ1n) is 6.56. The zero-order valence-corrected chi connectivity index (χ0v) is 12.1. The molecule has 0 saturated carbocycles. The highest BCUT2D eigenvalue weighted by Gasteiger charge is 2.53. The van der Waals surface area contributed by atoms with Crippen molar-refractivity contribution in [1.29, 1.82) is 0 Å². The summed E-state index contributed by atoms with van der Waals surface area (Å²) in [4.78, 5) is 13.4. The molecule has 0 aliphatic heterocycles. The van der Waals surface area contributed by atoms with Crippen LogP contribution in [0.3, 0.4) is 0 Å². The van der Waals surface area contributed by atoms with E-state index in [-0.39, 0.29) is 6.54 Å². The normalized spacial score (nSPS) is 14.4. The standard InChI is InChI=1S/C14H20F3N3O/c1-13(18,14(15,16)17)12(21)19-9-6-10-20(2)11-7-4-3-5-8-11/h3-5,7-8H,6,9-10,18H2,1-2H3,(H,19,21). The molecule has 118 valence electrons. The number of halogens is 3. The summed E-state index contributed by atoms with van der Waals surface area (Å²) in [5.74, 6) is -1.21. The van der Waals surface area contributed by atoms with E-state index in [4.69, 9.17) is 5.73 Å². The molecular weight excluding hydrogens is 283 g/mol. The molecule has 1 aromatic rings. The number of carbonyl (C=O) groups is 1. The molecule has 0 radical (unpaired) electrons. The van der Waals surface area contributed by atoms with Crippen molar-refractivity contribution in [3.8, 4) is 0 Å². The number of alkyl halides is 3. The Morgan fingerprint density at radius 2 is 1.86 bits per heavy atom. The summed E-state index contributed by atoms with van der Waals surface area (Å²) in [7, 11) is 1.87. The van der Waals surface area contributed by atoms with Gasteiger partial charge in [-0.2, -0.15) is 13.2 Å². The fourth-order valence-electron chi connectivity index (χ4n) is 1.64. The second kappa shape index (κ2) is 6.80. The van der Waals surface area contributed by atoms with Gasteiger partial charge in [0.2, 0.25) is 5.91 Å². The largest absolute Gasteiger partial charge is 0.415 e. The lowest BCUT2D eigenvalue weighted by Gasteiger charge is -2.26. The van der Waals surface area contributed by atoms with E-state index in [2.05, 4.69) is 5.32 Å². The van der Waals surface area contributed by atoms with Crippen LogP contribution in [-0.4, -0.2) is 37.8 Å². The Morgan fingerprint density at radius 1 is 1.29 bits per heavy atom. The molecule has 0 fully saturated rings. The Morgan fingerprint density at radius 3 is 2.38 bits per heavy atom. The number of benzene rings is 1. The summed E-state index contributed by atoms with van der Waals surface area (Å²) in [5, 5.41) is 2.23. The molecule has 0 bridgehead atoms. The summed E-state index contributed by atoms with van der Waals surface area (Å²) in [5.41, 5.74) is 3.16. The topological polar surface area (TPSA) is 58.4 Å². The number of para-hydroxylation sites is 1. The summed E-state index contributed by atoms with van der Waals surface area (Å²) < 4.78 is 37.6. The number of nitrogens with one attached hydrogen (secondary N) is 1. The maximum absolute atomic E-state index is 12.5. The Balaban J connectivity index is 2.36. The SMILES string of the molecule is CN(CCCNC(=O)C(C)(N)C(F)(F)F)c1ccccc1. The van der Waals surface area contributed by atoms with Crippen LogP contribution in [-0.2, 0) is 4.79 Å². The second-order valence-corrected chi connectivity index (χ2v) is 5.07. The average molecular weight is 303 g/mol. The van der Waals surface area contributed by atoms with Gasteiger partial charge in [0.1, 0.15) is 0 Å². The number of nitrogens with two attached hydrogens (primary N) is 1. The van der Waals surface area contributed by atoms with Crippen molar-refractivity contribution >= 4 is 11.6 Å². The minimum Gasteiger partial charge on any atom is -0.375 e. The Bertz CT molecular complexity index is 460. The highest BCUT2D eigenvalue weighted by Crippen LogP contribution is 2.27. The first kappa shape index (κ1) is 17.3. The monoisotopic (exact) mass is 303 g/mol. The first-order chi connectivity index (χ1) is 9.66. The molecule has 0 heterocycles. The van der Waals surface area contributed by atoms with E-state index in [1.165, 1.54) is 0 Å². The maximum Gasteiger partial charge on any atom is 0.415 e. The van der Waals surface area contributed by atoms with Gasteiger partial charge in [0.25, 0.3) is 0 Å². The van der Waals surface area contributed by atoms with Crippen LogP contribution < -0.4 is 16.0 Å². The van der Waals surface area contributed by atoms with Crippen molar-refractivity contribution in [2.24, 2.45) is 5.73 Å². The fourth-order valence-corrected chi connectivity index (χ4v) is 1.64. The van der Waals surface area contributed by atoms with Crippen molar-refractivity contribution in [3.63, 3.8) is 0 Å². The Labute approximate surface area is 122 Å². The van der Waals surface area contributed by atoms with Gasteiger partial charge in [0.05, 0.1) is 0 Å². The lowest BCUT2D eigenvalue weighted by atomic mass is 10.0. The molecule has 0 aromatic heterocycles. The third-order valence-electron chi connectivity index (χ3n) is 3.21. The molecule has 1 rings (SSSR count). The molecule has 3 N–H and O–H groups in total. The number of hydrogen-bond donors (Lipinski definition) is 2. The third-order valence-corrected chi connectivity index (χ3v) is 3.21. The van der Waals surface area contributed by atoms with Crippen molar-refractivity contribution < 1.29 is 18.0 Å². The predicted octanol–water partition coefficient (Wildman–Crippen LogP) is 1.91. The molecule has 1 atom stereocenters. The van der Waals surface area contributed by atoms with Crippen molar-refractivity contribution in [2.75, 3.05) is 25.0 Å². The number of rotatable bonds is 6. The van der Waals surface area contributed by atoms with Gasteiger partial charge in [0.15, 0.2) is 5.54 Å². The number of anilines is 1. The van der Waals surface area contributed by atoms with Crippen LogP contribution in [0.4, 0.5) is 18.9 Å². The number of hydrogen-bond acceptors (Lipinski definition) is 3. The smallest absolute Gasteiger partial charge is 0.375 e. The van der Waals surface area contributed by atoms with Crippen LogP contribution in [0, 0.1) is 0 Å². The molecule has 0 saturated heterocycles. The van der Waals surface area contributed by atoms with E-state index in [1.54, 1.807) is 0 Å². The van der Waals surface area contributed by atoms with Gasteiger partial charge in [-0.05, 0) is 25.5 Å². The summed E-state index contributed by atoms with van der Waals surface area (Å²) in [6.45, 7) is 1.41. The van der Waals surface area contributed by atoms with E-state index >= 15 is 0 Å². The number of carbonyl (C=O) groups excluding carboxylic acids is 1. The van der Waals surface area contributed by atoms with Crippen molar-refractivity contribution in [2.45, 2.75) is 25.1 Å². The Hall–Kier alpha value is -1.76. The summed E-state index contributed by atoms with van der Waals surface area (Å²) >= 11 is 0. The van der Waals surface area contributed by atoms with Gasteiger partial charge < -0.3 is 16.0 Å². The van der Waals surface area contributed by atoms with Crippen LogP contribution >= 0.6 is 0 Å². The van der Waals surface area contributed by atoms with Gasteiger partial charge >= 0.3 is 6.18 Å². The van der Waals surface area contributed by atoms with Gasteiger partial charge in [-0.1, -0.05) is 18.2 Å². The third kappa shape index (κ3) is 4.63. The van der Waals surface area contributed by atoms with E-state index in [9.17, 15) is 18.0 Å². The quantitative estimate of drug-likeness (QED) is 0.789. The minimum atomic E-state index is -4.77.